The SMILES string of the molecule is CC(C)S(=O)(=O)c1ccc(-c2cnc3[nH]cc(-c4ccnc5ccccc45)c3n2)cc1.[HH]. The van der Waals surface area contributed by atoms with Gasteiger partial charge in [0, 0.05) is 30.3 Å². The predicted molar refractivity (Wildman–Crippen MR) is 124 cm³/mol. The normalized spacial score (nSPS) is 12.1. The predicted octanol–water partition coefficient (Wildman–Crippen LogP) is 5.27. The number of sulfone groups is 1. The van der Waals surface area contributed by atoms with Crippen molar-refractivity contribution in [2.24, 2.45) is 0 Å². The van der Waals surface area contributed by atoms with Crippen LogP contribution in [0, 0.1) is 0 Å². The first-order valence-corrected chi connectivity index (χ1v) is 11.5. The standard InChI is InChI=1S/C24H20N4O2S.H2/c1-15(2)31(29,30)17-9-7-16(8-10-17)22-14-27-24-23(28-22)20(13-26-24)18-11-12-25-21-6-4-3-5-19(18)21;/h3-15H,1-2H3,(H,26,27);1H. The Morgan fingerprint density at radius 3 is 2.48 bits per heavy atom. The molecule has 2 aromatic carbocycles. The smallest absolute Gasteiger partial charge is 0.180 e. The summed E-state index contributed by atoms with van der Waals surface area (Å²) in [6, 6.07) is 16.8. The highest BCUT2D eigenvalue weighted by molar-refractivity contribution is 7.92. The molecule has 6 nitrogen and oxygen atoms in total. The highest BCUT2D eigenvalue weighted by Gasteiger charge is 2.19. The van der Waals surface area contributed by atoms with Crippen molar-refractivity contribution in [2.45, 2.75) is 24.0 Å². The number of pyridine rings is 1. The molecule has 0 radical (unpaired) electrons. The second-order valence-electron chi connectivity index (χ2n) is 7.65. The fraction of sp³-hybridized carbons (Fsp3) is 0.125. The van der Waals surface area contributed by atoms with Crippen molar-refractivity contribution >= 4 is 31.9 Å². The van der Waals surface area contributed by atoms with E-state index in [1.54, 1.807) is 50.5 Å². The number of fused-ring (bicyclic) bond motifs is 2. The molecule has 1 N–H and O–H groups in total. The van der Waals surface area contributed by atoms with E-state index in [4.69, 9.17) is 4.98 Å². The number of rotatable bonds is 4. The molecule has 0 bridgehead atoms. The number of hydrogen-bond donors (Lipinski definition) is 1. The van der Waals surface area contributed by atoms with E-state index in [-0.39, 0.29) is 1.43 Å². The van der Waals surface area contributed by atoms with E-state index in [1.807, 2.05) is 36.5 Å². The lowest BCUT2D eigenvalue weighted by molar-refractivity contribution is 0.587. The Labute approximate surface area is 181 Å². The average Bonchev–Trinajstić information content (AvgIpc) is 3.21. The summed E-state index contributed by atoms with van der Waals surface area (Å²) in [5.74, 6) is 0. The van der Waals surface area contributed by atoms with Gasteiger partial charge in [-0.1, -0.05) is 30.3 Å². The van der Waals surface area contributed by atoms with E-state index < -0.39 is 15.1 Å². The van der Waals surface area contributed by atoms with Crippen LogP contribution in [0.4, 0.5) is 0 Å². The summed E-state index contributed by atoms with van der Waals surface area (Å²) in [5.41, 5.74) is 5.83. The van der Waals surface area contributed by atoms with Crippen molar-refractivity contribution in [3.63, 3.8) is 0 Å². The molecule has 0 aliphatic rings. The number of aromatic amines is 1. The number of H-pyrrole nitrogens is 1. The van der Waals surface area contributed by atoms with Crippen molar-refractivity contribution in [2.75, 3.05) is 0 Å². The lowest BCUT2D eigenvalue weighted by atomic mass is 10.0. The number of aromatic nitrogens is 4. The van der Waals surface area contributed by atoms with Crippen LogP contribution in [0.15, 0.2) is 78.1 Å². The minimum atomic E-state index is -3.31. The topological polar surface area (TPSA) is 88.6 Å². The first kappa shape index (κ1) is 19.4. The molecule has 0 unspecified atom stereocenters. The minimum absolute atomic E-state index is 0. The van der Waals surface area contributed by atoms with Gasteiger partial charge in [-0.15, -0.1) is 0 Å². The van der Waals surface area contributed by atoms with Crippen LogP contribution < -0.4 is 0 Å². The van der Waals surface area contributed by atoms with Crippen molar-refractivity contribution in [1.29, 1.82) is 0 Å². The second kappa shape index (κ2) is 7.28. The quantitative estimate of drug-likeness (QED) is 0.420. The van der Waals surface area contributed by atoms with Crippen LogP contribution >= 0.6 is 0 Å². The molecule has 31 heavy (non-hydrogen) atoms. The first-order chi connectivity index (χ1) is 14.9. The second-order valence-corrected chi connectivity index (χ2v) is 10.2. The maximum Gasteiger partial charge on any atom is 0.180 e. The van der Waals surface area contributed by atoms with Gasteiger partial charge in [-0.3, -0.25) is 4.98 Å². The Hall–Kier alpha value is -3.58. The van der Waals surface area contributed by atoms with Crippen LogP contribution in [0.1, 0.15) is 15.3 Å². The van der Waals surface area contributed by atoms with Crippen LogP contribution in [-0.2, 0) is 9.84 Å². The van der Waals surface area contributed by atoms with E-state index in [2.05, 4.69) is 15.0 Å². The number of hydrogen-bond acceptors (Lipinski definition) is 5. The number of nitrogens with one attached hydrogen (secondary N) is 1. The summed E-state index contributed by atoms with van der Waals surface area (Å²) in [6.45, 7) is 3.36. The van der Waals surface area contributed by atoms with Gasteiger partial charge in [-0.05, 0) is 43.7 Å². The summed E-state index contributed by atoms with van der Waals surface area (Å²) < 4.78 is 24.8. The lowest BCUT2D eigenvalue weighted by Crippen LogP contribution is -2.13. The lowest BCUT2D eigenvalue weighted by Gasteiger charge is -2.09. The number of nitrogens with zero attached hydrogens (tertiary/aromatic N) is 3. The van der Waals surface area contributed by atoms with Gasteiger partial charge in [0.25, 0.3) is 0 Å². The molecule has 0 saturated heterocycles. The monoisotopic (exact) mass is 430 g/mol. The molecule has 0 spiro atoms. The fourth-order valence-electron chi connectivity index (χ4n) is 3.65. The molecular weight excluding hydrogens is 408 g/mol. The van der Waals surface area contributed by atoms with E-state index >= 15 is 0 Å². The molecule has 5 rings (SSSR count). The third-order valence-electron chi connectivity index (χ3n) is 5.42. The molecule has 0 saturated carbocycles. The summed E-state index contributed by atoms with van der Waals surface area (Å²) in [7, 11) is -3.31. The third-order valence-corrected chi connectivity index (χ3v) is 7.59. The molecule has 3 aromatic heterocycles. The fourth-order valence-corrected chi connectivity index (χ4v) is 4.71. The maximum atomic E-state index is 12.4. The van der Waals surface area contributed by atoms with E-state index in [9.17, 15) is 8.42 Å². The Bertz CT molecular complexity index is 1520. The van der Waals surface area contributed by atoms with E-state index in [1.165, 1.54) is 0 Å². The third kappa shape index (κ3) is 3.27. The van der Waals surface area contributed by atoms with Crippen LogP contribution in [0.25, 0.3) is 44.5 Å². The van der Waals surface area contributed by atoms with Gasteiger partial charge in [0.1, 0.15) is 5.52 Å². The van der Waals surface area contributed by atoms with E-state index in [0.29, 0.717) is 16.2 Å². The summed E-state index contributed by atoms with van der Waals surface area (Å²) in [5, 5.41) is 0.577. The molecule has 7 heteroatoms. The Balaban J connectivity index is 0.00000245. The van der Waals surface area contributed by atoms with Gasteiger partial charge in [0.2, 0.25) is 0 Å². The molecule has 0 amide bonds. The maximum absolute atomic E-state index is 12.4. The van der Waals surface area contributed by atoms with Gasteiger partial charge in [0.15, 0.2) is 15.5 Å². The molecule has 5 aromatic rings. The number of para-hydroxylation sites is 1. The minimum Gasteiger partial charge on any atom is -0.344 e. The zero-order chi connectivity index (χ0) is 21.6. The van der Waals surface area contributed by atoms with Gasteiger partial charge in [0.05, 0.1) is 27.6 Å². The summed E-state index contributed by atoms with van der Waals surface area (Å²) in [6.07, 6.45) is 5.40. The Morgan fingerprint density at radius 1 is 0.935 bits per heavy atom. The van der Waals surface area contributed by atoms with Gasteiger partial charge < -0.3 is 4.98 Å². The van der Waals surface area contributed by atoms with Crippen molar-refractivity contribution < 1.29 is 9.84 Å². The van der Waals surface area contributed by atoms with Crippen molar-refractivity contribution in [3.8, 4) is 22.4 Å². The highest BCUT2D eigenvalue weighted by Crippen LogP contribution is 2.32. The highest BCUT2D eigenvalue weighted by atomic mass is 32.2. The van der Waals surface area contributed by atoms with Crippen LogP contribution in [0.5, 0.6) is 0 Å². The largest absolute Gasteiger partial charge is 0.344 e. The molecule has 0 aliphatic carbocycles. The molecule has 3 heterocycles. The van der Waals surface area contributed by atoms with Crippen LogP contribution in [0.2, 0.25) is 0 Å². The molecule has 156 valence electrons. The van der Waals surface area contributed by atoms with Gasteiger partial charge in [-0.25, -0.2) is 18.4 Å². The number of benzene rings is 2. The molecule has 0 atom stereocenters. The zero-order valence-corrected chi connectivity index (χ0v) is 17.9. The van der Waals surface area contributed by atoms with Crippen molar-refractivity contribution in [3.05, 3.63) is 73.2 Å². The average molecular weight is 431 g/mol. The molecule has 0 fully saturated rings. The first-order valence-electron chi connectivity index (χ1n) is 9.98. The summed E-state index contributed by atoms with van der Waals surface area (Å²) in [4.78, 5) is 17.3. The molecule has 0 aliphatic heterocycles. The zero-order valence-electron chi connectivity index (χ0n) is 17.1. The van der Waals surface area contributed by atoms with Crippen LogP contribution in [-0.4, -0.2) is 33.6 Å². The van der Waals surface area contributed by atoms with Gasteiger partial charge in [-0.2, -0.15) is 0 Å². The van der Waals surface area contributed by atoms with E-state index in [0.717, 1.165) is 33.1 Å². The Morgan fingerprint density at radius 2 is 1.71 bits per heavy atom. The van der Waals surface area contributed by atoms with Crippen molar-refractivity contribution in [1.82, 2.24) is 19.9 Å². The molecular formula is C24H22N4O2S. The van der Waals surface area contributed by atoms with Crippen LogP contribution in [0.3, 0.4) is 0 Å². The van der Waals surface area contributed by atoms with Gasteiger partial charge >= 0.3 is 0 Å². The Kier molecular flexibility index (Phi) is 4.55. The summed E-state index contributed by atoms with van der Waals surface area (Å²) >= 11 is 0.